The van der Waals surface area contributed by atoms with Crippen molar-refractivity contribution in [3.05, 3.63) is 99.9 Å². The quantitative estimate of drug-likeness (QED) is 0.358. The van der Waals surface area contributed by atoms with E-state index in [1.807, 2.05) is 12.3 Å². The van der Waals surface area contributed by atoms with Gasteiger partial charge in [-0.05, 0) is 66.7 Å². The Morgan fingerprint density at radius 1 is 1.00 bits per heavy atom. The van der Waals surface area contributed by atoms with Crippen molar-refractivity contribution in [3.8, 4) is 16.9 Å². The van der Waals surface area contributed by atoms with Crippen molar-refractivity contribution in [1.82, 2.24) is 9.78 Å². The molecule has 31 heavy (non-hydrogen) atoms. The SMILES string of the molecule is O=C(O)c1ccc(-n2cc(CNc3ccc(Cl)c(Cl)c3)c(-c3ccc(F)cc3)n2)cc1. The van der Waals surface area contributed by atoms with E-state index in [2.05, 4.69) is 10.4 Å². The Hall–Kier alpha value is -3.35. The van der Waals surface area contributed by atoms with Crippen LogP contribution in [0.15, 0.2) is 72.9 Å². The molecule has 0 fully saturated rings. The third kappa shape index (κ3) is 4.71. The molecule has 4 aromatic rings. The fourth-order valence-electron chi connectivity index (χ4n) is 3.08. The summed E-state index contributed by atoms with van der Waals surface area (Å²) in [6.07, 6.45) is 1.85. The van der Waals surface area contributed by atoms with E-state index < -0.39 is 5.97 Å². The molecule has 0 saturated heterocycles. The molecule has 0 unspecified atom stereocenters. The predicted octanol–water partition coefficient (Wildman–Crippen LogP) is 6.30. The largest absolute Gasteiger partial charge is 0.478 e. The number of benzene rings is 3. The lowest BCUT2D eigenvalue weighted by Crippen LogP contribution is -2.00. The maximum Gasteiger partial charge on any atom is 0.335 e. The number of carboxylic acids is 1. The second-order valence-electron chi connectivity index (χ2n) is 6.79. The van der Waals surface area contributed by atoms with Crippen molar-refractivity contribution < 1.29 is 14.3 Å². The first-order valence-corrected chi connectivity index (χ1v) is 10.0. The molecule has 0 aliphatic rings. The van der Waals surface area contributed by atoms with Crippen molar-refractivity contribution in [3.63, 3.8) is 0 Å². The predicted molar refractivity (Wildman–Crippen MR) is 120 cm³/mol. The van der Waals surface area contributed by atoms with E-state index in [-0.39, 0.29) is 11.4 Å². The maximum absolute atomic E-state index is 13.4. The minimum Gasteiger partial charge on any atom is -0.478 e. The second-order valence-corrected chi connectivity index (χ2v) is 7.60. The van der Waals surface area contributed by atoms with Crippen LogP contribution in [-0.2, 0) is 6.54 Å². The molecule has 156 valence electrons. The fourth-order valence-corrected chi connectivity index (χ4v) is 3.38. The first kappa shape index (κ1) is 20.9. The summed E-state index contributed by atoms with van der Waals surface area (Å²) in [6.45, 7) is 0.428. The first-order chi connectivity index (χ1) is 14.9. The number of anilines is 1. The lowest BCUT2D eigenvalue weighted by atomic mass is 10.1. The number of rotatable bonds is 6. The van der Waals surface area contributed by atoms with E-state index in [9.17, 15) is 9.18 Å². The van der Waals surface area contributed by atoms with Crippen LogP contribution in [0.5, 0.6) is 0 Å². The number of carbonyl (C=O) groups is 1. The Balaban J connectivity index is 1.68. The molecule has 0 radical (unpaired) electrons. The third-order valence-electron chi connectivity index (χ3n) is 4.69. The molecule has 0 saturated carbocycles. The number of hydrogen-bond donors (Lipinski definition) is 2. The van der Waals surface area contributed by atoms with Gasteiger partial charge < -0.3 is 10.4 Å². The third-order valence-corrected chi connectivity index (χ3v) is 5.43. The zero-order chi connectivity index (χ0) is 22.0. The van der Waals surface area contributed by atoms with Crippen LogP contribution in [0.25, 0.3) is 16.9 Å². The van der Waals surface area contributed by atoms with Crippen LogP contribution >= 0.6 is 23.2 Å². The average molecular weight is 456 g/mol. The van der Waals surface area contributed by atoms with E-state index >= 15 is 0 Å². The van der Waals surface area contributed by atoms with Gasteiger partial charge in [-0.2, -0.15) is 5.10 Å². The summed E-state index contributed by atoms with van der Waals surface area (Å²) < 4.78 is 15.1. The molecule has 0 amide bonds. The normalized spacial score (nSPS) is 10.8. The minimum absolute atomic E-state index is 0.191. The van der Waals surface area contributed by atoms with E-state index in [0.717, 1.165) is 16.8 Å². The van der Waals surface area contributed by atoms with Crippen LogP contribution < -0.4 is 5.32 Å². The van der Waals surface area contributed by atoms with Crippen LogP contribution in [0.2, 0.25) is 10.0 Å². The number of halogens is 3. The summed E-state index contributed by atoms with van der Waals surface area (Å²) in [6, 6.07) is 17.8. The average Bonchev–Trinajstić information content (AvgIpc) is 3.19. The molecule has 1 aromatic heterocycles. The van der Waals surface area contributed by atoms with Gasteiger partial charge in [0, 0.05) is 29.6 Å². The van der Waals surface area contributed by atoms with E-state index in [0.29, 0.717) is 28.0 Å². The van der Waals surface area contributed by atoms with Gasteiger partial charge in [0.2, 0.25) is 0 Å². The van der Waals surface area contributed by atoms with Gasteiger partial charge in [0.1, 0.15) is 5.82 Å². The smallest absolute Gasteiger partial charge is 0.335 e. The molecule has 0 bridgehead atoms. The molecular formula is C23H16Cl2FN3O2. The number of nitrogens with zero attached hydrogens (tertiary/aromatic N) is 2. The Morgan fingerprint density at radius 2 is 1.71 bits per heavy atom. The molecule has 3 aromatic carbocycles. The van der Waals surface area contributed by atoms with E-state index in [4.69, 9.17) is 28.3 Å². The fraction of sp³-hybridized carbons (Fsp3) is 0.0435. The number of carboxylic acid groups (broad SMARTS) is 1. The lowest BCUT2D eigenvalue weighted by Gasteiger charge is -2.08. The highest BCUT2D eigenvalue weighted by molar-refractivity contribution is 6.42. The summed E-state index contributed by atoms with van der Waals surface area (Å²) in [5, 5.41) is 18.0. The molecule has 2 N–H and O–H groups in total. The number of aromatic nitrogens is 2. The van der Waals surface area contributed by atoms with E-state index in [1.165, 1.54) is 24.3 Å². The van der Waals surface area contributed by atoms with Crippen LogP contribution in [0.1, 0.15) is 15.9 Å². The highest BCUT2D eigenvalue weighted by atomic mass is 35.5. The highest BCUT2D eigenvalue weighted by Gasteiger charge is 2.13. The molecule has 0 atom stereocenters. The molecule has 1 heterocycles. The minimum atomic E-state index is -0.995. The van der Waals surface area contributed by atoms with Gasteiger partial charge in [0.05, 0.1) is 27.0 Å². The van der Waals surface area contributed by atoms with Gasteiger partial charge in [-0.25, -0.2) is 13.9 Å². The van der Waals surface area contributed by atoms with Crippen LogP contribution in [-0.4, -0.2) is 20.9 Å². The van der Waals surface area contributed by atoms with E-state index in [1.54, 1.807) is 41.1 Å². The zero-order valence-corrected chi connectivity index (χ0v) is 17.5. The van der Waals surface area contributed by atoms with Gasteiger partial charge in [-0.15, -0.1) is 0 Å². The van der Waals surface area contributed by atoms with Gasteiger partial charge in [-0.3, -0.25) is 0 Å². The summed E-state index contributed by atoms with van der Waals surface area (Å²) in [5.41, 5.74) is 3.98. The summed E-state index contributed by atoms with van der Waals surface area (Å²) in [7, 11) is 0. The van der Waals surface area contributed by atoms with Gasteiger partial charge in [0.25, 0.3) is 0 Å². The number of nitrogens with one attached hydrogen (secondary N) is 1. The summed E-state index contributed by atoms with van der Waals surface area (Å²) in [4.78, 5) is 11.1. The Labute approximate surface area is 187 Å². The highest BCUT2D eigenvalue weighted by Crippen LogP contribution is 2.28. The van der Waals surface area contributed by atoms with Crippen LogP contribution in [0.3, 0.4) is 0 Å². The molecule has 0 aliphatic heterocycles. The van der Waals surface area contributed by atoms with Crippen molar-refractivity contribution in [2.24, 2.45) is 0 Å². The standard InChI is InChI=1S/C23H16Cl2FN3O2/c24-20-10-7-18(11-21(20)25)27-12-16-13-29(19-8-3-15(4-9-19)23(30)31)28-22(16)14-1-5-17(26)6-2-14/h1-11,13,27H,12H2,(H,30,31). The number of aromatic carboxylic acids is 1. The van der Waals surface area contributed by atoms with Crippen molar-refractivity contribution in [2.75, 3.05) is 5.32 Å². The van der Waals surface area contributed by atoms with Crippen molar-refractivity contribution in [2.45, 2.75) is 6.54 Å². The van der Waals surface area contributed by atoms with Gasteiger partial charge >= 0.3 is 5.97 Å². The zero-order valence-electron chi connectivity index (χ0n) is 16.0. The Bertz CT molecular complexity index is 1240. The monoisotopic (exact) mass is 455 g/mol. The number of hydrogen-bond acceptors (Lipinski definition) is 3. The van der Waals surface area contributed by atoms with Crippen molar-refractivity contribution >= 4 is 34.9 Å². The van der Waals surface area contributed by atoms with Crippen molar-refractivity contribution in [1.29, 1.82) is 0 Å². The summed E-state index contributed by atoms with van der Waals surface area (Å²) >= 11 is 12.1. The maximum atomic E-state index is 13.4. The van der Waals surface area contributed by atoms with Gasteiger partial charge in [0.15, 0.2) is 0 Å². The molecule has 4 rings (SSSR count). The topological polar surface area (TPSA) is 67.2 Å². The first-order valence-electron chi connectivity index (χ1n) is 9.28. The summed E-state index contributed by atoms with van der Waals surface area (Å²) in [5.74, 6) is -1.33. The van der Waals surface area contributed by atoms with Crippen LogP contribution in [0.4, 0.5) is 10.1 Å². The second kappa shape index (κ2) is 8.79. The molecule has 0 spiro atoms. The Morgan fingerprint density at radius 3 is 2.35 bits per heavy atom. The molecule has 0 aliphatic carbocycles. The van der Waals surface area contributed by atoms with Crippen LogP contribution in [0, 0.1) is 5.82 Å². The Kier molecular flexibility index (Phi) is 5.93. The molecule has 8 heteroatoms. The molecule has 5 nitrogen and oxygen atoms in total. The lowest BCUT2D eigenvalue weighted by molar-refractivity contribution is 0.0697. The molecular weight excluding hydrogens is 440 g/mol. The van der Waals surface area contributed by atoms with Gasteiger partial charge in [-0.1, -0.05) is 23.2 Å².